The fourth-order valence-electron chi connectivity index (χ4n) is 3.55. The summed E-state index contributed by atoms with van der Waals surface area (Å²) in [6, 6.07) is 9.02. The second-order valence-electron chi connectivity index (χ2n) is 6.52. The SMILES string of the molecule is CCN(CC)CCCc1ccccc1C(C)(C)N(CC)CC. The summed E-state index contributed by atoms with van der Waals surface area (Å²) >= 11 is 0. The molecule has 0 unspecified atom stereocenters. The molecule has 126 valence electrons. The normalized spacial score (nSPS) is 12.4. The Labute approximate surface area is 138 Å². The summed E-state index contributed by atoms with van der Waals surface area (Å²) in [5, 5.41) is 0. The third-order valence-corrected chi connectivity index (χ3v) is 5.05. The molecule has 2 heteroatoms. The van der Waals surface area contributed by atoms with Gasteiger partial charge in [0.2, 0.25) is 0 Å². The third-order valence-electron chi connectivity index (χ3n) is 5.05. The Kier molecular flexibility index (Phi) is 8.13. The molecule has 0 radical (unpaired) electrons. The smallest absolute Gasteiger partial charge is 0.0406 e. The van der Waals surface area contributed by atoms with Crippen molar-refractivity contribution < 1.29 is 0 Å². The first-order valence-electron chi connectivity index (χ1n) is 9.06. The average Bonchev–Trinajstić information content (AvgIpc) is 2.53. The van der Waals surface area contributed by atoms with E-state index in [4.69, 9.17) is 0 Å². The molecular formula is C20H36N2. The number of hydrogen-bond acceptors (Lipinski definition) is 2. The molecule has 0 amide bonds. The van der Waals surface area contributed by atoms with Crippen LogP contribution in [0, 0.1) is 0 Å². The Morgan fingerprint density at radius 2 is 1.45 bits per heavy atom. The zero-order chi connectivity index (χ0) is 16.6. The molecular weight excluding hydrogens is 268 g/mol. The Balaban J connectivity index is 2.85. The fourth-order valence-corrected chi connectivity index (χ4v) is 3.55. The maximum absolute atomic E-state index is 2.55. The van der Waals surface area contributed by atoms with Crippen molar-refractivity contribution in [1.29, 1.82) is 0 Å². The van der Waals surface area contributed by atoms with Gasteiger partial charge in [0.05, 0.1) is 0 Å². The molecule has 0 atom stereocenters. The number of aryl methyl sites for hydroxylation is 1. The molecule has 0 aliphatic heterocycles. The molecule has 1 rings (SSSR count). The topological polar surface area (TPSA) is 6.48 Å². The quantitative estimate of drug-likeness (QED) is 0.626. The van der Waals surface area contributed by atoms with Crippen LogP contribution < -0.4 is 0 Å². The van der Waals surface area contributed by atoms with Crippen molar-refractivity contribution in [3.8, 4) is 0 Å². The molecule has 1 aromatic rings. The van der Waals surface area contributed by atoms with E-state index in [9.17, 15) is 0 Å². The molecule has 0 heterocycles. The molecule has 1 aromatic carbocycles. The van der Waals surface area contributed by atoms with Gasteiger partial charge in [0.1, 0.15) is 0 Å². The lowest BCUT2D eigenvalue weighted by molar-refractivity contribution is 0.134. The van der Waals surface area contributed by atoms with Crippen LogP contribution in [0.4, 0.5) is 0 Å². The van der Waals surface area contributed by atoms with Gasteiger partial charge >= 0.3 is 0 Å². The molecule has 0 fully saturated rings. The molecule has 0 aliphatic rings. The monoisotopic (exact) mass is 304 g/mol. The zero-order valence-corrected chi connectivity index (χ0v) is 15.7. The summed E-state index contributed by atoms with van der Waals surface area (Å²) in [4.78, 5) is 5.06. The van der Waals surface area contributed by atoms with E-state index in [0.29, 0.717) is 0 Å². The highest BCUT2D eigenvalue weighted by Crippen LogP contribution is 2.30. The van der Waals surface area contributed by atoms with Crippen LogP contribution in [0.15, 0.2) is 24.3 Å². The minimum atomic E-state index is 0.106. The Morgan fingerprint density at radius 3 is 2.00 bits per heavy atom. The summed E-state index contributed by atoms with van der Waals surface area (Å²) in [5.74, 6) is 0. The van der Waals surface area contributed by atoms with Gasteiger partial charge in [-0.2, -0.15) is 0 Å². The van der Waals surface area contributed by atoms with Crippen LogP contribution in [-0.2, 0) is 12.0 Å². The summed E-state index contributed by atoms with van der Waals surface area (Å²) in [7, 11) is 0. The van der Waals surface area contributed by atoms with Crippen molar-refractivity contribution in [3.05, 3.63) is 35.4 Å². The molecule has 22 heavy (non-hydrogen) atoms. The van der Waals surface area contributed by atoms with Gasteiger partial charge in [-0.05, 0) is 70.5 Å². The standard InChI is InChI=1S/C20H36N2/c1-7-21(8-2)17-13-15-18-14-11-12-16-19(18)20(5,6)22(9-3)10-4/h11-12,14,16H,7-10,13,15,17H2,1-6H3. The molecule has 0 saturated heterocycles. The van der Waals surface area contributed by atoms with Gasteiger partial charge in [0.25, 0.3) is 0 Å². The second-order valence-corrected chi connectivity index (χ2v) is 6.52. The van der Waals surface area contributed by atoms with Crippen molar-refractivity contribution in [1.82, 2.24) is 9.80 Å². The first-order chi connectivity index (χ1) is 10.5. The van der Waals surface area contributed by atoms with Gasteiger partial charge in [0.15, 0.2) is 0 Å². The van der Waals surface area contributed by atoms with E-state index in [1.54, 1.807) is 0 Å². The molecule has 2 nitrogen and oxygen atoms in total. The van der Waals surface area contributed by atoms with Gasteiger partial charge in [0, 0.05) is 5.54 Å². The average molecular weight is 305 g/mol. The van der Waals surface area contributed by atoms with E-state index in [-0.39, 0.29) is 5.54 Å². The lowest BCUT2D eigenvalue weighted by Crippen LogP contribution is -2.41. The number of rotatable bonds is 10. The van der Waals surface area contributed by atoms with Gasteiger partial charge in [-0.3, -0.25) is 4.90 Å². The van der Waals surface area contributed by atoms with Crippen LogP contribution >= 0.6 is 0 Å². The molecule has 0 saturated carbocycles. The van der Waals surface area contributed by atoms with Crippen LogP contribution in [-0.4, -0.2) is 42.5 Å². The maximum atomic E-state index is 2.55. The summed E-state index contributed by atoms with van der Waals surface area (Å²) in [6.07, 6.45) is 2.42. The van der Waals surface area contributed by atoms with Crippen LogP contribution in [0.3, 0.4) is 0 Å². The van der Waals surface area contributed by atoms with Crippen molar-refractivity contribution in [2.75, 3.05) is 32.7 Å². The second kappa shape index (κ2) is 9.32. The van der Waals surface area contributed by atoms with E-state index in [1.165, 1.54) is 30.5 Å². The van der Waals surface area contributed by atoms with E-state index < -0.39 is 0 Å². The third kappa shape index (κ3) is 4.82. The van der Waals surface area contributed by atoms with Gasteiger partial charge in [-0.25, -0.2) is 0 Å². The lowest BCUT2D eigenvalue weighted by atomic mass is 9.86. The lowest BCUT2D eigenvalue weighted by Gasteiger charge is -2.39. The Morgan fingerprint density at radius 1 is 0.864 bits per heavy atom. The number of nitrogens with zero attached hydrogens (tertiary/aromatic N) is 2. The highest BCUT2D eigenvalue weighted by atomic mass is 15.2. The van der Waals surface area contributed by atoms with Crippen LogP contribution in [0.25, 0.3) is 0 Å². The summed E-state index contributed by atoms with van der Waals surface area (Å²) in [6.45, 7) is 19.4. The van der Waals surface area contributed by atoms with Crippen LogP contribution in [0.2, 0.25) is 0 Å². The molecule has 0 spiro atoms. The molecule has 0 aliphatic carbocycles. The van der Waals surface area contributed by atoms with E-state index >= 15 is 0 Å². The minimum absolute atomic E-state index is 0.106. The minimum Gasteiger partial charge on any atom is -0.304 e. The first kappa shape index (κ1) is 19.2. The van der Waals surface area contributed by atoms with Crippen LogP contribution in [0.1, 0.15) is 59.1 Å². The van der Waals surface area contributed by atoms with E-state index in [1.807, 2.05) is 0 Å². The summed E-state index contributed by atoms with van der Waals surface area (Å²) < 4.78 is 0. The predicted molar refractivity (Wildman–Crippen MR) is 98.5 cm³/mol. The van der Waals surface area contributed by atoms with E-state index in [0.717, 1.165) is 26.2 Å². The van der Waals surface area contributed by atoms with Gasteiger partial charge < -0.3 is 4.90 Å². The van der Waals surface area contributed by atoms with Crippen molar-refractivity contribution in [2.45, 2.75) is 59.9 Å². The highest BCUT2D eigenvalue weighted by Gasteiger charge is 2.28. The number of benzene rings is 1. The van der Waals surface area contributed by atoms with Gasteiger partial charge in [-0.1, -0.05) is 52.0 Å². The fraction of sp³-hybridized carbons (Fsp3) is 0.700. The Hall–Kier alpha value is -0.860. The van der Waals surface area contributed by atoms with E-state index in [2.05, 4.69) is 75.6 Å². The first-order valence-corrected chi connectivity index (χ1v) is 9.06. The van der Waals surface area contributed by atoms with Crippen molar-refractivity contribution in [3.63, 3.8) is 0 Å². The molecule has 0 aromatic heterocycles. The summed E-state index contributed by atoms with van der Waals surface area (Å²) in [5.41, 5.74) is 3.12. The maximum Gasteiger partial charge on any atom is 0.0406 e. The largest absolute Gasteiger partial charge is 0.304 e. The zero-order valence-electron chi connectivity index (χ0n) is 15.7. The molecule has 0 bridgehead atoms. The predicted octanol–water partition coefficient (Wildman–Crippen LogP) is 4.54. The van der Waals surface area contributed by atoms with Crippen LogP contribution in [0.5, 0.6) is 0 Å². The number of hydrogen-bond donors (Lipinski definition) is 0. The van der Waals surface area contributed by atoms with Crippen molar-refractivity contribution in [2.24, 2.45) is 0 Å². The van der Waals surface area contributed by atoms with Crippen molar-refractivity contribution >= 4 is 0 Å². The highest BCUT2D eigenvalue weighted by molar-refractivity contribution is 5.33. The Bertz CT molecular complexity index is 417. The van der Waals surface area contributed by atoms with Gasteiger partial charge in [-0.15, -0.1) is 0 Å². The molecule has 0 N–H and O–H groups in total.